The van der Waals surface area contributed by atoms with Gasteiger partial charge in [-0.1, -0.05) is 17.8 Å². The van der Waals surface area contributed by atoms with Crippen LogP contribution in [0, 0.1) is 0 Å². The summed E-state index contributed by atoms with van der Waals surface area (Å²) in [5.74, 6) is 1.36. The standard InChI is InChI=1S/C23H29N5O2S/c1-6-28(7-2)19-13-11-17(12-14-19)21-25-26-23(27(21)4)31-16(3)22(29)24-18-9-8-10-20(15-18)30-5/h8-16H,6-7H2,1-5H3,(H,24,29). The van der Waals surface area contributed by atoms with Crippen LogP contribution in [0.3, 0.4) is 0 Å². The van der Waals surface area contributed by atoms with E-state index >= 15 is 0 Å². The third-order valence-corrected chi connectivity index (χ3v) is 6.21. The number of hydrogen-bond donors (Lipinski definition) is 1. The average molecular weight is 440 g/mol. The van der Waals surface area contributed by atoms with Gasteiger partial charge in [-0.2, -0.15) is 0 Å². The zero-order valence-electron chi connectivity index (χ0n) is 18.6. The van der Waals surface area contributed by atoms with E-state index in [-0.39, 0.29) is 11.2 Å². The molecule has 1 amide bonds. The number of ether oxygens (including phenoxy) is 1. The van der Waals surface area contributed by atoms with Crippen LogP contribution in [0.2, 0.25) is 0 Å². The molecule has 1 aromatic heterocycles. The van der Waals surface area contributed by atoms with Gasteiger partial charge < -0.3 is 19.5 Å². The van der Waals surface area contributed by atoms with Crippen molar-refractivity contribution in [1.29, 1.82) is 0 Å². The molecule has 1 N–H and O–H groups in total. The largest absolute Gasteiger partial charge is 0.497 e. The summed E-state index contributed by atoms with van der Waals surface area (Å²) >= 11 is 1.38. The summed E-state index contributed by atoms with van der Waals surface area (Å²) in [7, 11) is 3.52. The number of hydrogen-bond acceptors (Lipinski definition) is 6. The normalized spacial score (nSPS) is 11.8. The SMILES string of the molecule is CCN(CC)c1ccc(-c2nnc(SC(C)C(=O)Nc3cccc(OC)c3)n2C)cc1. The highest BCUT2D eigenvalue weighted by Crippen LogP contribution is 2.28. The van der Waals surface area contributed by atoms with Crippen molar-refractivity contribution in [3.8, 4) is 17.1 Å². The van der Waals surface area contributed by atoms with Crippen LogP contribution in [0.5, 0.6) is 5.75 Å². The third kappa shape index (κ3) is 5.38. The molecule has 0 aliphatic rings. The molecule has 0 aliphatic heterocycles. The molecule has 1 atom stereocenters. The smallest absolute Gasteiger partial charge is 0.237 e. The summed E-state index contributed by atoms with van der Waals surface area (Å²) in [5, 5.41) is 11.9. The Balaban J connectivity index is 1.68. The fourth-order valence-electron chi connectivity index (χ4n) is 3.24. The summed E-state index contributed by atoms with van der Waals surface area (Å²) < 4.78 is 7.13. The summed E-state index contributed by atoms with van der Waals surface area (Å²) in [5.41, 5.74) is 2.88. The summed E-state index contributed by atoms with van der Waals surface area (Å²) in [4.78, 5) is 14.9. The minimum Gasteiger partial charge on any atom is -0.497 e. The van der Waals surface area contributed by atoms with Crippen LogP contribution >= 0.6 is 11.8 Å². The van der Waals surface area contributed by atoms with Gasteiger partial charge in [0.25, 0.3) is 0 Å². The van der Waals surface area contributed by atoms with Crippen LogP contribution in [-0.2, 0) is 11.8 Å². The molecule has 7 nitrogen and oxygen atoms in total. The van der Waals surface area contributed by atoms with Gasteiger partial charge in [-0.3, -0.25) is 4.79 Å². The first-order valence-electron chi connectivity index (χ1n) is 10.3. The van der Waals surface area contributed by atoms with Gasteiger partial charge in [0.05, 0.1) is 12.4 Å². The Morgan fingerprint density at radius 1 is 1.16 bits per heavy atom. The van der Waals surface area contributed by atoms with E-state index in [0.717, 1.165) is 24.5 Å². The van der Waals surface area contributed by atoms with Crippen molar-refractivity contribution in [3.05, 3.63) is 48.5 Å². The van der Waals surface area contributed by atoms with Gasteiger partial charge in [0.2, 0.25) is 5.91 Å². The van der Waals surface area contributed by atoms with Gasteiger partial charge in [-0.25, -0.2) is 0 Å². The lowest BCUT2D eigenvalue weighted by Gasteiger charge is -2.21. The molecular weight excluding hydrogens is 410 g/mol. The Labute approximate surface area is 187 Å². The van der Waals surface area contributed by atoms with E-state index in [4.69, 9.17) is 4.74 Å². The molecule has 0 bridgehead atoms. The maximum absolute atomic E-state index is 12.6. The van der Waals surface area contributed by atoms with Crippen molar-refractivity contribution < 1.29 is 9.53 Å². The number of amides is 1. The van der Waals surface area contributed by atoms with E-state index in [0.29, 0.717) is 16.6 Å². The second-order valence-electron chi connectivity index (χ2n) is 7.07. The molecule has 8 heteroatoms. The number of benzene rings is 2. The van der Waals surface area contributed by atoms with Crippen molar-refractivity contribution in [1.82, 2.24) is 14.8 Å². The number of rotatable bonds is 9. The number of anilines is 2. The summed E-state index contributed by atoms with van der Waals surface area (Å²) in [6, 6.07) is 15.6. The molecule has 1 heterocycles. The van der Waals surface area contributed by atoms with E-state index < -0.39 is 0 Å². The maximum atomic E-state index is 12.6. The van der Waals surface area contributed by atoms with Crippen molar-refractivity contribution in [2.75, 3.05) is 30.4 Å². The summed E-state index contributed by atoms with van der Waals surface area (Å²) in [6.07, 6.45) is 0. The zero-order chi connectivity index (χ0) is 22.4. The van der Waals surface area contributed by atoms with Crippen molar-refractivity contribution in [2.24, 2.45) is 7.05 Å². The van der Waals surface area contributed by atoms with Crippen LogP contribution in [-0.4, -0.2) is 46.1 Å². The fourth-order valence-corrected chi connectivity index (χ4v) is 4.05. The van der Waals surface area contributed by atoms with Gasteiger partial charge in [-0.05, 0) is 57.2 Å². The van der Waals surface area contributed by atoms with E-state index in [1.54, 1.807) is 13.2 Å². The monoisotopic (exact) mass is 439 g/mol. The van der Waals surface area contributed by atoms with E-state index in [1.165, 1.54) is 17.4 Å². The van der Waals surface area contributed by atoms with Crippen molar-refractivity contribution in [3.63, 3.8) is 0 Å². The van der Waals surface area contributed by atoms with Gasteiger partial charge >= 0.3 is 0 Å². The zero-order valence-corrected chi connectivity index (χ0v) is 19.4. The highest BCUT2D eigenvalue weighted by Gasteiger charge is 2.20. The Kier molecular flexibility index (Phi) is 7.57. The molecule has 0 spiro atoms. The fraction of sp³-hybridized carbons (Fsp3) is 0.348. The van der Waals surface area contributed by atoms with Crippen LogP contribution in [0.15, 0.2) is 53.7 Å². The second kappa shape index (κ2) is 10.3. The predicted molar refractivity (Wildman–Crippen MR) is 127 cm³/mol. The van der Waals surface area contributed by atoms with Crippen molar-refractivity contribution >= 4 is 29.0 Å². The molecule has 2 aromatic carbocycles. The van der Waals surface area contributed by atoms with Gasteiger partial charge in [0, 0.05) is 43.1 Å². The lowest BCUT2D eigenvalue weighted by molar-refractivity contribution is -0.115. The highest BCUT2D eigenvalue weighted by atomic mass is 32.2. The summed E-state index contributed by atoms with van der Waals surface area (Å²) in [6.45, 7) is 8.09. The molecule has 1 unspecified atom stereocenters. The average Bonchev–Trinajstić information content (AvgIpc) is 3.15. The maximum Gasteiger partial charge on any atom is 0.237 e. The van der Waals surface area contributed by atoms with Crippen molar-refractivity contribution in [2.45, 2.75) is 31.2 Å². The Bertz CT molecular complexity index is 1020. The van der Waals surface area contributed by atoms with Crippen LogP contribution in [0.4, 0.5) is 11.4 Å². The number of aromatic nitrogens is 3. The lowest BCUT2D eigenvalue weighted by atomic mass is 10.2. The van der Waals surface area contributed by atoms with Crippen LogP contribution in [0.1, 0.15) is 20.8 Å². The third-order valence-electron chi connectivity index (χ3n) is 5.08. The molecule has 0 saturated carbocycles. The molecule has 0 saturated heterocycles. The molecule has 164 valence electrons. The van der Waals surface area contributed by atoms with E-state index in [9.17, 15) is 4.79 Å². The Morgan fingerprint density at radius 3 is 2.52 bits per heavy atom. The number of carbonyl (C=O) groups excluding carboxylic acids is 1. The van der Waals surface area contributed by atoms with Gasteiger partial charge in [-0.15, -0.1) is 10.2 Å². The van der Waals surface area contributed by atoms with Crippen LogP contribution < -0.4 is 15.0 Å². The van der Waals surface area contributed by atoms with E-state index in [1.807, 2.05) is 36.7 Å². The van der Waals surface area contributed by atoms with Gasteiger partial charge in [0.15, 0.2) is 11.0 Å². The molecular formula is C23H29N5O2S. The van der Waals surface area contributed by atoms with Gasteiger partial charge in [0.1, 0.15) is 5.75 Å². The number of carbonyl (C=O) groups is 1. The Morgan fingerprint density at radius 2 is 1.87 bits per heavy atom. The second-order valence-corrected chi connectivity index (χ2v) is 8.37. The predicted octanol–water partition coefficient (Wildman–Crippen LogP) is 4.46. The van der Waals surface area contributed by atoms with Crippen LogP contribution in [0.25, 0.3) is 11.4 Å². The number of methoxy groups -OCH3 is 1. The number of nitrogens with zero attached hydrogens (tertiary/aromatic N) is 4. The lowest BCUT2D eigenvalue weighted by Crippen LogP contribution is -2.22. The first-order chi connectivity index (χ1) is 15.0. The molecule has 0 aliphatic carbocycles. The quantitative estimate of drug-likeness (QED) is 0.497. The first-order valence-corrected chi connectivity index (χ1v) is 11.2. The minimum atomic E-state index is -0.341. The topological polar surface area (TPSA) is 72.3 Å². The minimum absolute atomic E-state index is 0.105. The molecule has 0 fully saturated rings. The van der Waals surface area contributed by atoms with E-state index in [2.05, 4.69) is 58.5 Å². The highest BCUT2D eigenvalue weighted by molar-refractivity contribution is 8.00. The Hall–Kier alpha value is -3.00. The molecule has 3 rings (SSSR count). The molecule has 3 aromatic rings. The number of nitrogens with one attached hydrogen (secondary N) is 1. The molecule has 0 radical (unpaired) electrons. The molecule has 31 heavy (non-hydrogen) atoms. The number of thioether (sulfide) groups is 1. The first kappa shape index (κ1) is 22.7.